The van der Waals surface area contributed by atoms with Gasteiger partial charge in [0.1, 0.15) is 0 Å². The van der Waals surface area contributed by atoms with Crippen LogP contribution in [0.2, 0.25) is 0 Å². The molecule has 0 spiro atoms. The Balaban J connectivity index is 2.55. The van der Waals surface area contributed by atoms with Crippen molar-refractivity contribution < 1.29 is 14.7 Å². The van der Waals surface area contributed by atoms with Crippen molar-refractivity contribution in [2.24, 2.45) is 0 Å². The first-order chi connectivity index (χ1) is 9.42. The van der Waals surface area contributed by atoms with Crippen LogP contribution in [0.4, 0.5) is 5.69 Å². The van der Waals surface area contributed by atoms with Crippen molar-refractivity contribution in [3.63, 3.8) is 0 Å². The Bertz CT molecular complexity index is 495. The lowest BCUT2D eigenvalue weighted by atomic mass is 10.3. The van der Waals surface area contributed by atoms with Crippen LogP contribution in [0.3, 0.4) is 0 Å². The zero-order valence-electron chi connectivity index (χ0n) is 11.0. The van der Waals surface area contributed by atoms with Crippen LogP contribution in [-0.4, -0.2) is 41.5 Å². The zero-order valence-corrected chi connectivity index (χ0v) is 14.2. The number of nitrogens with zero attached hydrogens (tertiary/aromatic N) is 1. The number of carbonyl (C=O) groups excluding carboxylic acids is 1. The Morgan fingerprint density at radius 1 is 1.35 bits per heavy atom. The van der Waals surface area contributed by atoms with Crippen molar-refractivity contribution in [1.82, 2.24) is 4.90 Å². The first kappa shape index (κ1) is 17.1. The molecule has 2 N–H and O–H groups in total. The van der Waals surface area contributed by atoms with Gasteiger partial charge < -0.3 is 10.4 Å². The van der Waals surface area contributed by atoms with E-state index in [9.17, 15) is 9.59 Å². The fourth-order valence-corrected chi connectivity index (χ4v) is 2.73. The number of carbonyl (C=O) groups is 2. The van der Waals surface area contributed by atoms with E-state index < -0.39 is 5.97 Å². The maximum atomic E-state index is 11.9. The second-order valence-electron chi connectivity index (χ2n) is 4.18. The van der Waals surface area contributed by atoms with E-state index in [4.69, 9.17) is 5.11 Å². The molecule has 0 aliphatic heterocycles. The summed E-state index contributed by atoms with van der Waals surface area (Å²) in [5.41, 5.74) is 0.687. The summed E-state index contributed by atoms with van der Waals surface area (Å²) in [5.74, 6) is -1.03. The molecular formula is C13H16Br2N2O3. The van der Waals surface area contributed by atoms with E-state index >= 15 is 0 Å². The summed E-state index contributed by atoms with van der Waals surface area (Å²) in [6.07, 6.45) is 0.0309. The van der Waals surface area contributed by atoms with E-state index in [1.54, 1.807) is 11.0 Å². The Kier molecular flexibility index (Phi) is 7.18. The second-order valence-corrected chi connectivity index (χ2v) is 5.95. The van der Waals surface area contributed by atoms with Gasteiger partial charge in [-0.3, -0.25) is 14.5 Å². The van der Waals surface area contributed by atoms with Gasteiger partial charge in [-0.15, -0.1) is 0 Å². The summed E-state index contributed by atoms with van der Waals surface area (Å²) in [5, 5.41) is 11.4. The van der Waals surface area contributed by atoms with Crippen LogP contribution in [0.5, 0.6) is 0 Å². The quantitative estimate of drug-likeness (QED) is 0.728. The highest BCUT2D eigenvalue weighted by molar-refractivity contribution is 9.11. The van der Waals surface area contributed by atoms with Gasteiger partial charge in [-0.05, 0) is 40.7 Å². The zero-order chi connectivity index (χ0) is 15.1. The maximum Gasteiger partial charge on any atom is 0.304 e. The molecule has 0 unspecified atom stereocenters. The molecule has 0 radical (unpaired) electrons. The number of anilines is 1. The van der Waals surface area contributed by atoms with E-state index in [0.717, 1.165) is 8.95 Å². The number of rotatable bonds is 7. The van der Waals surface area contributed by atoms with Crippen molar-refractivity contribution in [2.75, 3.05) is 25.0 Å². The minimum absolute atomic E-state index is 0.0309. The van der Waals surface area contributed by atoms with Gasteiger partial charge in [0.05, 0.1) is 18.7 Å². The molecule has 0 aliphatic carbocycles. The molecule has 1 aromatic rings. The molecule has 0 saturated heterocycles. The molecule has 0 atom stereocenters. The van der Waals surface area contributed by atoms with Crippen LogP contribution in [0.1, 0.15) is 13.3 Å². The minimum atomic E-state index is -0.862. The van der Waals surface area contributed by atoms with Gasteiger partial charge in [0.15, 0.2) is 0 Å². The van der Waals surface area contributed by atoms with Crippen molar-refractivity contribution in [3.05, 3.63) is 27.1 Å². The van der Waals surface area contributed by atoms with Crippen LogP contribution in [0, 0.1) is 0 Å². The number of hydrogen-bond donors (Lipinski definition) is 2. The lowest BCUT2D eigenvalue weighted by molar-refractivity contribution is -0.137. The number of carboxylic acid groups (broad SMARTS) is 1. The van der Waals surface area contributed by atoms with Crippen LogP contribution in [0.25, 0.3) is 0 Å². The molecule has 110 valence electrons. The number of amides is 1. The lowest BCUT2D eigenvalue weighted by Gasteiger charge is -2.19. The normalized spacial score (nSPS) is 10.6. The summed E-state index contributed by atoms with van der Waals surface area (Å²) in [7, 11) is 0. The third-order valence-electron chi connectivity index (χ3n) is 2.66. The molecule has 0 aliphatic rings. The molecular weight excluding hydrogens is 392 g/mol. The van der Waals surface area contributed by atoms with Crippen molar-refractivity contribution in [2.45, 2.75) is 13.3 Å². The van der Waals surface area contributed by atoms with Crippen molar-refractivity contribution in [3.8, 4) is 0 Å². The molecule has 1 amide bonds. The topological polar surface area (TPSA) is 69.6 Å². The molecule has 5 nitrogen and oxygen atoms in total. The molecule has 1 rings (SSSR count). The Morgan fingerprint density at radius 3 is 2.60 bits per heavy atom. The van der Waals surface area contributed by atoms with Gasteiger partial charge >= 0.3 is 5.97 Å². The highest BCUT2D eigenvalue weighted by Crippen LogP contribution is 2.26. The van der Waals surface area contributed by atoms with Gasteiger partial charge in [0.2, 0.25) is 5.91 Å². The number of carboxylic acids is 1. The number of hydrogen-bond acceptors (Lipinski definition) is 3. The SMILES string of the molecule is CCN(CCC(=O)O)CC(=O)Nc1ccc(Br)cc1Br. The number of benzene rings is 1. The number of aliphatic carboxylic acids is 1. The standard InChI is InChI=1S/C13H16Br2N2O3/c1-2-17(6-5-13(19)20)8-12(18)16-11-4-3-9(14)7-10(11)15/h3-4,7H,2,5-6,8H2,1H3,(H,16,18)(H,19,20). The van der Waals surface area contributed by atoms with Crippen LogP contribution >= 0.6 is 31.9 Å². The largest absolute Gasteiger partial charge is 0.481 e. The summed E-state index contributed by atoms with van der Waals surface area (Å²) >= 11 is 6.71. The van der Waals surface area contributed by atoms with Crippen molar-refractivity contribution >= 4 is 49.4 Å². The number of nitrogens with one attached hydrogen (secondary N) is 1. The molecule has 7 heteroatoms. The predicted octanol–water partition coefficient (Wildman–Crippen LogP) is 2.95. The lowest BCUT2D eigenvalue weighted by Crippen LogP contribution is -2.34. The average Bonchev–Trinajstić information content (AvgIpc) is 2.37. The predicted molar refractivity (Wildman–Crippen MR) is 84.8 cm³/mol. The van der Waals surface area contributed by atoms with Gasteiger partial charge in [-0.2, -0.15) is 0 Å². The average molecular weight is 408 g/mol. The second kappa shape index (κ2) is 8.39. The van der Waals surface area contributed by atoms with Gasteiger partial charge in [-0.1, -0.05) is 22.9 Å². The molecule has 0 saturated carbocycles. The van der Waals surface area contributed by atoms with E-state index in [1.165, 1.54) is 0 Å². The number of halogens is 2. The van der Waals surface area contributed by atoms with E-state index in [-0.39, 0.29) is 18.9 Å². The van der Waals surface area contributed by atoms with Gasteiger partial charge in [-0.25, -0.2) is 0 Å². The molecule has 1 aromatic carbocycles. The maximum absolute atomic E-state index is 11.9. The summed E-state index contributed by atoms with van der Waals surface area (Å²) in [4.78, 5) is 24.3. The van der Waals surface area contributed by atoms with Crippen LogP contribution < -0.4 is 5.32 Å². The summed E-state index contributed by atoms with van der Waals surface area (Å²) in [6, 6.07) is 5.47. The third kappa shape index (κ3) is 6.02. The van der Waals surface area contributed by atoms with Crippen LogP contribution in [0.15, 0.2) is 27.1 Å². The van der Waals surface area contributed by atoms with E-state index in [1.807, 2.05) is 19.1 Å². The smallest absolute Gasteiger partial charge is 0.304 e. The highest BCUT2D eigenvalue weighted by Gasteiger charge is 2.12. The molecule has 0 heterocycles. The minimum Gasteiger partial charge on any atom is -0.481 e. The summed E-state index contributed by atoms with van der Waals surface area (Å²) in [6.45, 7) is 3.06. The van der Waals surface area contributed by atoms with E-state index in [2.05, 4.69) is 37.2 Å². The first-order valence-electron chi connectivity index (χ1n) is 6.11. The third-order valence-corrected chi connectivity index (χ3v) is 3.81. The highest BCUT2D eigenvalue weighted by atomic mass is 79.9. The molecule has 0 bridgehead atoms. The molecule has 20 heavy (non-hydrogen) atoms. The summed E-state index contributed by atoms with van der Waals surface area (Å²) < 4.78 is 1.70. The Hall–Kier alpha value is -0.920. The molecule has 0 aromatic heterocycles. The fourth-order valence-electron chi connectivity index (χ4n) is 1.59. The van der Waals surface area contributed by atoms with Gasteiger partial charge in [0.25, 0.3) is 0 Å². The van der Waals surface area contributed by atoms with Gasteiger partial charge in [0, 0.05) is 15.5 Å². The van der Waals surface area contributed by atoms with Crippen LogP contribution in [-0.2, 0) is 9.59 Å². The Morgan fingerprint density at radius 2 is 2.05 bits per heavy atom. The Labute approximate surface area is 134 Å². The molecule has 0 fully saturated rings. The first-order valence-corrected chi connectivity index (χ1v) is 7.70. The van der Waals surface area contributed by atoms with E-state index in [0.29, 0.717) is 18.8 Å². The fraction of sp³-hybridized carbons (Fsp3) is 0.385. The monoisotopic (exact) mass is 406 g/mol. The van der Waals surface area contributed by atoms with Crippen molar-refractivity contribution in [1.29, 1.82) is 0 Å². The number of likely N-dealkylation sites (N-methyl/N-ethyl adjacent to an activating group) is 1.